The zero-order valence-electron chi connectivity index (χ0n) is 15.0. The molecule has 0 atom stereocenters. The zero-order chi connectivity index (χ0) is 16.8. The number of ether oxygens (including phenoxy) is 1. The van der Waals surface area contributed by atoms with Crippen LogP contribution < -0.4 is 4.90 Å². The van der Waals surface area contributed by atoms with Crippen molar-refractivity contribution in [3.05, 3.63) is 18.0 Å². The van der Waals surface area contributed by atoms with Gasteiger partial charge in [0.2, 0.25) is 0 Å². The van der Waals surface area contributed by atoms with E-state index < -0.39 is 0 Å². The molecule has 6 heteroatoms. The van der Waals surface area contributed by atoms with Gasteiger partial charge in [0.05, 0.1) is 12.2 Å². The number of anilines is 1. The Morgan fingerprint density at radius 3 is 2.62 bits per heavy atom. The van der Waals surface area contributed by atoms with E-state index in [9.17, 15) is 0 Å². The van der Waals surface area contributed by atoms with Gasteiger partial charge in [-0.15, -0.1) is 15.3 Å². The van der Waals surface area contributed by atoms with Gasteiger partial charge in [0.15, 0.2) is 11.5 Å². The maximum Gasteiger partial charge on any atom is 0.178 e. The fraction of sp³-hybridized carbons (Fsp3) is 0.722. The van der Waals surface area contributed by atoms with Crippen LogP contribution in [0.4, 0.5) is 5.82 Å². The Balaban J connectivity index is 1.66. The van der Waals surface area contributed by atoms with Crippen LogP contribution in [0, 0.1) is 0 Å². The third kappa shape index (κ3) is 2.77. The summed E-state index contributed by atoms with van der Waals surface area (Å²) in [5.74, 6) is 1.90. The zero-order valence-corrected chi connectivity index (χ0v) is 15.0. The van der Waals surface area contributed by atoms with Gasteiger partial charge in [0.1, 0.15) is 5.82 Å². The van der Waals surface area contributed by atoms with Crippen LogP contribution >= 0.6 is 0 Å². The molecule has 0 radical (unpaired) electrons. The second-order valence-electron chi connectivity index (χ2n) is 8.25. The SMILES string of the molecule is CC(C)(C)c1nnc2ccc(N3CCOC4(CCCCC4)C3)nn12. The molecule has 130 valence electrons. The van der Waals surface area contributed by atoms with Gasteiger partial charge in [-0.3, -0.25) is 0 Å². The van der Waals surface area contributed by atoms with Crippen molar-refractivity contribution < 1.29 is 4.74 Å². The van der Waals surface area contributed by atoms with Gasteiger partial charge >= 0.3 is 0 Å². The number of hydrogen-bond donors (Lipinski definition) is 0. The van der Waals surface area contributed by atoms with E-state index in [0.29, 0.717) is 0 Å². The van der Waals surface area contributed by atoms with E-state index in [0.717, 1.165) is 37.0 Å². The molecule has 3 heterocycles. The maximum absolute atomic E-state index is 6.21. The minimum Gasteiger partial charge on any atom is -0.371 e. The van der Waals surface area contributed by atoms with E-state index in [2.05, 4.69) is 41.9 Å². The van der Waals surface area contributed by atoms with Crippen molar-refractivity contribution in [3.63, 3.8) is 0 Å². The third-order valence-corrected chi connectivity index (χ3v) is 5.26. The van der Waals surface area contributed by atoms with Gasteiger partial charge in [-0.1, -0.05) is 40.0 Å². The number of fused-ring (bicyclic) bond motifs is 1. The predicted octanol–water partition coefficient (Wildman–Crippen LogP) is 2.96. The van der Waals surface area contributed by atoms with Crippen LogP contribution in [0.1, 0.15) is 58.7 Å². The van der Waals surface area contributed by atoms with Crippen LogP contribution in [-0.2, 0) is 10.2 Å². The van der Waals surface area contributed by atoms with Crippen LogP contribution in [0.25, 0.3) is 5.65 Å². The molecular weight excluding hydrogens is 302 g/mol. The highest BCUT2D eigenvalue weighted by Crippen LogP contribution is 2.35. The standard InChI is InChI=1S/C18H27N5O/c1-17(2,3)16-20-19-14-7-8-15(21-23(14)16)22-11-12-24-18(13-22)9-5-4-6-10-18/h7-8H,4-6,9-13H2,1-3H3. The highest BCUT2D eigenvalue weighted by atomic mass is 16.5. The first kappa shape index (κ1) is 15.8. The molecule has 1 aliphatic carbocycles. The first-order valence-corrected chi connectivity index (χ1v) is 9.09. The molecule has 2 aromatic rings. The molecule has 0 amide bonds. The molecule has 0 aromatic carbocycles. The second kappa shape index (κ2) is 5.69. The largest absolute Gasteiger partial charge is 0.371 e. The van der Waals surface area contributed by atoms with Crippen molar-refractivity contribution in [2.45, 2.75) is 63.9 Å². The molecule has 2 aromatic heterocycles. The Bertz CT molecular complexity index is 721. The average molecular weight is 329 g/mol. The molecule has 1 saturated carbocycles. The van der Waals surface area contributed by atoms with Crippen molar-refractivity contribution in [3.8, 4) is 0 Å². The van der Waals surface area contributed by atoms with E-state index in [-0.39, 0.29) is 11.0 Å². The average Bonchev–Trinajstić information content (AvgIpc) is 2.99. The Hall–Kier alpha value is -1.69. The summed E-state index contributed by atoms with van der Waals surface area (Å²) in [5, 5.41) is 13.5. The van der Waals surface area contributed by atoms with Gasteiger partial charge in [0, 0.05) is 18.5 Å². The lowest BCUT2D eigenvalue weighted by Crippen LogP contribution is -2.53. The first-order valence-electron chi connectivity index (χ1n) is 9.09. The van der Waals surface area contributed by atoms with Gasteiger partial charge in [-0.2, -0.15) is 4.52 Å². The lowest BCUT2D eigenvalue weighted by molar-refractivity contribution is -0.0784. The smallest absolute Gasteiger partial charge is 0.178 e. The highest BCUT2D eigenvalue weighted by molar-refractivity contribution is 5.46. The van der Waals surface area contributed by atoms with E-state index in [1.165, 1.54) is 32.1 Å². The number of morpholine rings is 1. The van der Waals surface area contributed by atoms with Gasteiger partial charge < -0.3 is 9.64 Å². The molecule has 1 saturated heterocycles. The summed E-state index contributed by atoms with van der Waals surface area (Å²) in [6.45, 7) is 9.05. The summed E-state index contributed by atoms with van der Waals surface area (Å²) < 4.78 is 8.11. The Morgan fingerprint density at radius 1 is 1.08 bits per heavy atom. The maximum atomic E-state index is 6.21. The fourth-order valence-corrected chi connectivity index (χ4v) is 3.95. The molecule has 1 aliphatic heterocycles. The Morgan fingerprint density at radius 2 is 1.88 bits per heavy atom. The molecule has 0 bridgehead atoms. The van der Waals surface area contributed by atoms with Crippen LogP contribution in [0.5, 0.6) is 0 Å². The number of hydrogen-bond acceptors (Lipinski definition) is 5. The quantitative estimate of drug-likeness (QED) is 0.805. The molecule has 2 fully saturated rings. The monoisotopic (exact) mass is 329 g/mol. The van der Waals surface area contributed by atoms with Crippen molar-refractivity contribution in [2.75, 3.05) is 24.6 Å². The lowest BCUT2D eigenvalue weighted by Gasteiger charge is -2.45. The van der Waals surface area contributed by atoms with E-state index in [1.807, 2.05) is 10.6 Å². The van der Waals surface area contributed by atoms with Gasteiger partial charge in [0.25, 0.3) is 0 Å². The summed E-state index contributed by atoms with van der Waals surface area (Å²) in [7, 11) is 0. The van der Waals surface area contributed by atoms with E-state index in [4.69, 9.17) is 9.84 Å². The molecule has 4 rings (SSSR count). The first-order chi connectivity index (χ1) is 11.5. The summed E-state index contributed by atoms with van der Waals surface area (Å²) in [4.78, 5) is 2.38. The molecule has 0 N–H and O–H groups in total. The predicted molar refractivity (Wildman–Crippen MR) is 93.5 cm³/mol. The fourth-order valence-electron chi connectivity index (χ4n) is 3.95. The minimum atomic E-state index is -0.0827. The molecule has 2 aliphatic rings. The van der Waals surface area contributed by atoms with Gasteiger partial charge in [-0.05, 0) is 25.0 Å². The molecule has 1 spiro atoms. The minimum absolute atomic E-state index is 0.0349. The summed E-state index contributed by atoms with van der Waals surface area (Å²) in [5.41, 5.74) is 0.762. The third-order valence-electron chi connectivity index (χ3n) is 5.26. The van der Waals surface area contributed by atoms with Crippen molar-refractivity contribution >= 4 is 11.5 Å². The normalized spacial score (nSPS) is 21.5. The highest BCUT2D eigenvalue weighted by Gasteiger charge is 2.38. The second-order valence-corrected chi connectivity index (χ2v) is 8.25. The number of nitrogens with zero attached hydrogens (tertiary/aromatic N) is 5. The van der Waals surface area contributed by atoms with Gasteiger partial charge in [-0.25, -0.2) is 0 Å². The van der Waals surface area contributed by atoms with Crippen LogP contribution in [0.15, 0.2) is 12.1 Å². The topological polar surface area (TPSA) is 55.5 Å². The molecular formula is C18H27N5O. The van der Waals surface area contributed by atoms with Crippen molar-refractivity contribution in [1.29, 1.82) is 0 Å². The van der Waals surface area contributed by atoms with Crippen LogP contribution in [-0.4, -0.2) is 45.1 Å². The number of aromatic nitrogens is 4. The van der Waals surface area contributed by atoms with Crippen LogP contribution in [0.2, 0.25) is 0 Å². The number of rotatable bonds is 1. The summed E-state index contributed by atoms with van der Waals surface area (Å²) in [6.07, 6.45) is 6.24. The molecule has 24 heavy (non-hydrogen) atoms. The van der Waals surface area contributed by atoms with Crippen molar-refractivity contribution in [2.24, 2.45) is 0 Å². The molecule has 6 nitrogen and oxygen atoms in total. The van der Waals surface area contributed by atoms with Crippen molar-refractivity contribution in [1.82, 2.24) is 19.8 Å². The lowest BCUT2D eigenvalue weighted by atomic mass is 9.83. The Labute approximate surface area is 143 Å². The van der Waals surface area contributed by atoms with Crippen LogP contribution in [0.3, 0.4) is 0 Å². The molecule has 0 unspecified atom stereocenters. The Kier molecular flexibility index (Phi) is 3.75. The van der Waals surface area contributed by atoms with E-state index >= 15 is 0 Å². The summed E-state index contributed by atoms with van der Waals surface area (Å²) in [6, 6.07) is 4.09. The van der Waals surface area contributed by atoms with E-state index in [1.54, 1.807) is 0 Å². The summed E-state index contributed by atoms with van der Waals surface area (Å²) >= 11 is 0.